The predicted octanol–water partition coefficient (Wildman–Crippen LogP) is 1.86. The van der Waals surface area contributed by atoms with E-state index in [1.807, 2.05) is 6.07 Å². The number of sulfonamides is 1. The zero-order chi connectivity index (χ0) is 18.7. The Bertz CT molecular complexity index is 962. The van der Waals surface area contributed by atoms with Crippen LogP contribution in [0.15, 0.2) is 35.5 Å². The molecule has 1 fully saturated rings. The molecule has 1 saturated heterocycles. The van der Waals surface area contributed by atoms with Crippen LogP contribution in [0, 0.1) is 23.0 Å². The Hall–Kier alpha value is -2.64. The first-order valence-electron chi connectivity index (χ1n) is 7.75. The fourth-order valence-corrected chi connectivity index (χ4v) is 4.27. The Balaban J connectivity index is 1.82. The van der Waals surface area contributed by atoms with E-state index < -0.39 is 32.7 Å². The van der Waals surface area contributed by atoms with Gasteiger partial charge in [0.1, 0.15) is 28.7 Å². The van der Waals surface area contributed by atoms with E-state index in [-0.39, 0.29) is 24.7 Å². The molecule has 2 heterocycles. The van der Waals surface area contributed by atoms with Crippen molar-refractivity contribution in [1.29, 1.82) is 5.26 Å². The molecule has 0 N–H and O–H groups in total. The monoisotopic (exact) mass is 380 g/mol. The standard InChI is InChI=1S/C16H14F2N4O3S/c17-11-3-4-13(18)15(8-11)26(23,24)22-7-1-2-12(10-22)25-16-14(9-19)20-5-6-21-16/h3-6,8,12H,1-2,7,10H2/t12-/m0/s1. The van der Waals surface area contributed by atoms with Crippen molar-refractivity contribution in [3.63, 3.8) is 0 Å². The van der Waals surface area contributed by atoms with Crippen LogP contribution >= 0.6 is 0 Å². The Morgan fingerprint density at radius 1 is 1.27 bits per heavy atom. The summed E-state index contributed by atoms with van der Waals surface area (Å²) >= 11 is 0. The average molecular weight is 380 g/mol. The van der Waals surface area contributed by atoms with Crippen LogP contribution in [0.25, 0.3) is 0 Å². The third-order valence-corrected chi connectivity index (χ3v) is 5.78. The van der Waals surface area contributed by atoms with Gasteiger partial charge in [0.2, 0.25) is 15.7 Å². The molecule has 1 aliphatic rings. The average Bonchev–Trinajstić information content (AvgIpc) is 2.64. The molecule has 0 amide bonds. The van der Waals surface area contributed by atoms with Crippen LogP contribution in [0.5, 0.6) is 5.88 Å². The van der Waals surface area contributed by atoms with Crippen molar-refractivity contribution in [2.45, 2.75) is 23.8 Å². The molecule has 0 spiro atoms. The van der Waals surface area contributed by atoms with Crippen molar-refractivity contribution < 1.29 is 21.9 Å². The smallest absolute Gasteiger partial charge is 0.251 e. The molecule has 1 aliphatic heterocycles. The third kappa shape index (κ3) is 3.63. The van der Waals surface area contributed by atoms with E-state index in [0.717, 1.165) is 16.4 Å². The zero-order valence-electron chi connectivity index (χ0n) is 13.5. The number of benzene rings is 1. The molecule has 0 radical (unpaired) electrons. The molecule has 1 atom stereocenters. The van der Waals surface area contributed by atoms with Gasteiger partial charge in [0, 0.05) is 18.9 Å². The first-order valence-corrected chi connectivity index (χ1v) is 9.19. The van der Waals surface area contributed by atoms with E-state index in [1.54, 1.807) is 0 Å². The first kappa shape index (κ1) is 18.2. The minimum atomic E-state index is -4.22. The van der Waals surface area contributed by atoms with Crippen molar-refractivity contribution in [1.82, 2.24) is 14.3 Å². The second-order valence-electron chi connectivity index (χ2n) is 5.64. The number of nitriles is 1. The van der Waals surface area contributed by atoms with E-state index in [9.17, 15) is 17.2 Å². The van der Waals surface area contributed by atoms with Crippen molar-refractivity contribution >= 4 is 10.0 Å². The van der Waals surface area contributed by atoms with E-state index in [1.165, 1.54) is 12.4 Å². The molecule has 26 heavy (non-hydrogen) atoms. The third-order valence-electron chi connectivity index (χ3n) is 3.90. The van der Waals surface area contributed by atoms with Crippen LogP contribution in [-0.2, 0) is 10.0 Å². The highest BCUT2D eigenvalue weighted by Gasteiger charge is 2.33. The van der Waals surface area contributed by atoms with Crippen molar-refractivity contribution in [3.8, 4) is 11.9 Å². The molecular weight excluding hydrogens is 366 g/mol. The molecule has 136 valence electrons. The van der Waals surface area contributed by atoms with Crippen molar-refractivity contribution in [2.75, 3.05) is 13.1 Å². The van der Waals surface area contributed by atoms with Gasteiger partial charge in [0.05, 0.1) is 6.54 Å². The quantitative estimate of drug-likeness (QED) is 0.803. The summed E-state index contributed by atoms with van der Waals surface area (Å²) in [6.07, 6.45) is 3.10. The maximum Gasteiger partial charge on any atom is 0.251 e. The van der Waals surface area contributed by atoms with Gasteiger partial charge in [-0.05, 0) is 31.0 Å². The highest BCUT2D eigenvalue weighted by atomic mass is 32.2. The summed E-state index contributed by atoms with van der Waals surface area (Å²) in [5.41, 5.74) is -0.0105. The van der Waals surface area contributed by atoms with Crippen LogP contribution in [0.2, 0.25) is 0 Å². The fourth-order valence-electron chi connectivity index (χ4n) is 2.68. The largest absolute Gasteiger partial charge is 0.471 e. The van der Waals surface area contributed by atoms with Gasteiger partial charge in [-0.25, -0.2) is 27.2 Å². The predicted molar refractivity (Wildman–Crippen MR) is 85.5 cm³/mol. The molecule has 1 aromatic heterocycles. The number of hydrogen-bond acceptors (Lipinski definition) is 6. The van der Waals surface area contributed by atoms with Gasteiger partial charge in [0.25, 0.3) is 5.88 Å². The summed E-state index contributed by atoms with van der Waals surface area (Å²) < 4.78 is 59.3. The second-order valence-corrected chi connectivity index (χ2v) is 7.55. The lowest BCUT2D eigenvalue weighted by Crippen LogP contribution is -2.44. The number of piperidine rings is 1. The maximum atomic E-state index is 13.9. The maximum absolute atomic E-state index is 13.9. The molecule has 10 heteroatoms. The molecule has 1 aromatic carbocycles. The molecule has 0 aliphatic carbocycles. The molecule has 3 rings (SSSR count). The molecule has 0 unspecified atom stereocenters. The van der Waals surface area contributed by atoms with Gasteiger partial charge in [-0.2, -0.15) is 9.57 Å². The van der Waals surface area contributed by atoms with Gasteiger partial charge >= 0.3 is 0 Å². The number of ether oxygens (including phenoxy) is 1. The summed E-state index contributed by atoms with van der Waals surface area (Å²) in [5, 5.41) is 9.02. The lowest BCUT2D eigenvalue weighted by atomic mass is 10.1. The summed E-state index contributed by atoms with van der Waals surface area (Å²) in [7, 11) is -4.22. The summed E-state index contributed by atoms with van der Waals surface area (Å²) in [5.74, 6) is -1.85. The van der Waals surface area contributed by atoms with Crippen LogP contribution in [0.1, 0.15) is 18.5 Å². The highest BCUT2D eigenvalue weighted by molar-refractivity contribution is 7.89. The molecule has 0 bridgehead atoms. The molecular formula is C16H14F2N4O3S. The Labute approximate surface area is 148 Å². The molecule has 7 nitrogen and oxygen atoms in total. The molecule has 0 saturated carbocycles. The van der Waals surface area contributed by atoms with E-state index in [2.05, 4.69) is 9.97 Å². The minimum absolute atomic E-state index is 0.0104. The van der Waals surface area contributed by atoms with Gasteiger partial charge in [-0.15, -0.1) is 0 Å². The Morgan fingerprint density at radius 2 is 2.04 bits per heavy atom. The van der Waals surface area contributed by atoms with E-state index in [4.69, 9.17) is 10.00 Å². The van der Waals surface area contributed by atoms with Crippen LogP contribution in [0.4, 0.5) is 8.78 Å². The number of halogens is 2. The zero-order valence-corrected chi connectivity index (χ0v) is 14.3. The first-order chi connectivity index (χ1) is 12.4. The lowest BCUT2D eigenvalue weighted by molar-refractivity contribution is 0.123. The van der Waals surface area contributed by atoms with Crippen LogP contribution < -0.4 is 4.74 Å². The number of aromatic nitrogens is 2. The SMILES string of the molecule is N#Cc1nccnc1O[C@H]1CCCN(S(=O)(=O)c2cc(F)ccc2F)C1. The topological polar surface area (TPSA) is 96.2 Å². The van der Waals surface area contributed by atoms with E-state index >= 15 is 0 Å². The van der Waals surface area contributed by atoms with Crippen LogP contribution in [-0.4, -0.2) is 41.9 Å². The normalized spacial score (nSPS) is 18.3. The Kier molecular flexibility index (Phi) is 5.11. The lowest BCUT2D eigenvalue weighted by Gasteiger charge is -2.31. The summed E-state index contributed by atoms with van der Waals surface area (Å²) in [4.78, 5) is 7.04. The van der Waals surface area contributed by atoms with Gasteiger partial charge < -0.3 is 4.74 Å². The van der Waals surface area contributed by atoms with Gasteiger partial charge in [-0.3, -0.25) is 0 Å². The molecule has 2 aromatic rings. The highest BCUT2D eigenvalue weighted by Crippen LogP contribution is 2.25. The van der Waals surface area contributed by atoms with Crippen molar-refractivity contribution in [3.05, 3.63) is 47.9 Å². The van der Waals surface area contributed by atoms with Crippen molar-refractivity contribution in [2.24, 2.45) is 0 Å². The summed E-state index contributed by atoms with van der Waals surface area (Å²) in [6, 6.07) is 4.13. The number of nitrogens with zero attached hydrogens (tertiary/aromatic N) is 4. The number of hydrogen-bond donors (Lipinski definition) is 0. The van der Waals surface area contributed by atoms with E-state index in [0.29, 0.717) is 18.9 Å². The Morgan fingerprint density at radius 3 is 2.81 bits per heavy atom. The van der Waals surface area contributed by atoms with Gasteiger partial charge in [0.15, 0.2) is 0 Å². The van der Waals surface area contributed by atoms with Crippen LogP contribution in [0.3, 0.4) is 0 Å². The number of rotatable bonds is 4. The van der Waals surface area contributed by atoms with Gasteiger partial charge in [-0.1, -0.05) is 0 Å². The summed E-state index contributed by atoms with van der Waals surface area (Å²) in [6.45, 7) is 0.0868. The minimum Gasteiger partial charge on any atom is -0.471 e. The fraction of sp³-hybridized carbons (Fsp3) is 0.312. The second kappa shape index (κ2) is 7.31.